The first kappa shape index (κ1) is 17.3. The van der Waals surface area contributed by atoms with Crippen LogP contribution in [0, 0.1) is 6.92 Å². The number of amides is 1. The molecule has 0 aromatic heterocycles. The van der Waals surface area contributed by atoms with Crippen LogP contribution in [0.4, 0.5) is 5.69 Å². The Labute approximate surface area is 148 Å². The molecule has 0 saturated carbocycles. The van der Waals surface area contributed by atoms with Gasteiger partial charge in [0.25, 0.3) is 0 Å². The average molecular weight is 340 g/mol. The molecule has 25 heavy (non-hydrogen) atoms. The maximum atomic E-state index is 11.3. The fourth-order valence-electron chi connectivity index (χ4n) is 3.47. The van der Waals surface area contributed by atoms with Crippen molar-refractivity contribution in [2.24, 2.45) is 0 Å². The van der Waals surface area contributed by atoms with Crippen LogP contribution in [0.1, 0.15) is 29.7 Å². The molecule has 1 aliphatic rings. The van der Waals surface area contributed by atoms with Gasteiger partial charge in [-0.05, 0) is 62.8 Å². The molecule has 2 unspecified atom stereocenters. The highest BCUT2D eigenvalue weighted by Crippen LogP contribution is 2.40. The Morgan fingerprint density at radius 2 is 2.04 bits per heavy atom. The molecule has 1 aliphatic carbocycles. The van der Waals surface area contributed by atoms with Crippen LogP contribution in [0.15, 0.2) is 36.4 Å². The first-order valence-corrected chi connectivity index (χ1v) is 8.38. The number of aromatic hydroxyl groups is 1. The molecule has 1 amide bonds. The second-order valence-electron chi connectivity index (χ2n) is 6.81. The molecule has 0 spiro atoms. The first-order valence-electron chi connectivity index (χ1n) is 8.38. The van der Waals surface area contributed by atoms with E-state index in [4.69, 9.17) is 4.74 Å². The minimum atomic E-state index is -0.177. The number of phenols is 1. The number of carbonyl (C=O) groups is 1. The van der Waals surface area contributed by atoms with E-state index in [0.717, 1.165) is 17.5 Å². The van der Waals surface area contributed by atoms with Crippen LogP contribution in [0.2, 0.25) is 0 Å². The zero-order valence-electron chi connectivity index (χ0n) is 15.0. The number of hydrogen-bond donors (Lipinski definition) is 2. The lowest BCUT2D eigenvalue weighted by Gasteiger charge is -2.27. The Hall–Kier alpha value is -2.53. The Bertz CT molecular complexity index is 802. The van der Waals surface area contributed by atoms with Crippen LogP contribution in [-0.4, -0.2) is 36.1 Å². The van der Waals surface area contributed by atoms with Crippen LogP contribution >= 0.6 is 0 Å². The van der Waals surface area contributed by atoms with Gasteiger partial charge in [0.05, 0.1) is 6.04 Å². The molecule has 132 valence electrons. The summed E-state index contributed by atoms with van der Waals surface area (Å²) in [5.74, 6) is 0.836. The summed E-state index contributed by atoms with van der Waals surface area (Å²) in [6.07, 6.45) is 0.702. The molecule has 2 aromatic carbocycles. The number of benzene rings is 2. The van der Waals surface area contributed by atoms with Gasteiger partial charge in [-0.15, -0.1) is 0 Å². The van der Waals surface area contributed by atoms with Gasteiger partial charge in [-0.3, -0.25) is 4.79 Å². The zero-order valence-corrected chi connectivity index (χ0v) is 15.0. The van der Waals surface area contributed by atoms with E-state index in [2.05, 4.69) is 10.2 Å². The number of aryl methyl sites for hydroxylation is 1. The molecule has 0 radical (unpaired) electrons. The SMILES string of the molecule is CC(=O)Nc1cccc(OC2c3cc(O)cc(C)c3CC2N(C)C)c1. The lowest BCUT2D eigenvalue weighted by molar-refractivity contribution is -0.114. The van der Waals surface area contributed by atoms with E-state index in [1.807, 2.05) is 45.3 Å². The van der Waals surface area contributed by atoms with Crippen molar-refractivity contribution in [2.45, 2.75) is 32.4 Å². The van der Waals surface area contributed by atoms with Gasteiger partial charge >= 0.3 is 0 Å². The Morgan fingerprint density at radius 1 is 1.28 bits per heavy atom. The number of nitrogens with zero attached hydrogens (tertiary/aromatic N) is 1. The lowest BCUT2D eigenvalue weighted by Crippen LogP contribution is -2.34. The molecule has 0 heterocycles. The highest BCUT2D eigenvalue weighted by atomic mass is 16.5. The van der Waals surface area contributed by atoms with Crippen molar-refractivity contribution in [2.75, 3.05) is 19.4 Å². The highest BCUT2D eigenvalue weighted by molar-refractivity contribution is 5.88. The molecule has 3 rings (SSSR count). The van der Waals surface area contributed by atoms with Gasteiger partial charge in [0.2, 0.25) is 5.91 Å². The van der Waals surface area contributed by atoms with E-state index in [-0.39, 0.29) is 23.8 Å². The van der Waals surface area contributed by atoms with Gasteiger partial charge in [-0.1, -0.05) is 6.07 Å². The van der Waals surface area contributed by atoms with Crippen LogP contribution in [0.5, 0.6) is 11.5 Å². The van der Waals surface area contributed by atoms with E-state index in [1.54, 1.807) is 12.1 Å². The number of rotatable bonds is 4. The minimum absolute atomic E-state index is 0.116. The van der Waals surface area contributed by atoms with Crippen molar-refractivity contribution in [1.82, 2.24) is 4.90 Å². The van der Waals surface area contributed by atoms with Gasteiger partial charge in [0.1, 0.15) is 17.6 Å². The average Bonchev–Trinajstić information content (AvgIpc) is 2.86. The molecule has 5 nitrogen and oxygen atoms in total. The summed E-state index contributed by atoms with van der Waals surface area (Å²) in [4.78, 5) is 13.4. The van der Waals surface area contributed by atoms with Gasteiger partial charge in [-0.25, -0.2) is 0 Å². The first-order chi connectivity index (χ1) is 11.8. The standard InChI is InChI=1S/C20H24N2O3/c1-12-8-15(24)10-18-17(12)11-19(22(3)4)20(18)25-16-7-5-6-14(9-16)21-13(2)23/h5-10,19-20,24H,11H2,1-4H3,(H,21,23). The number of nitrogens with one attached hydrogen (secondary N) is 1. The maximum Gasteiger partial charge on any atom is 0.221 e. The predicted molar refractivity (Wildman–Crippen MR) is 98.1 cm³/mol. The number of fused-ring (bicyclic) bond motifs is 1. The smallest absolute Gasteiger partial charge is 0.221 e. The summed E-state index contributed by atoms with van der Waals surface area (Å²) in [6.45, 7) is 3.50. The molecular weight excluding hydrogens is 316 g/mol. The zero-order chi connectivity index (χ0) is 18.1. The summed E-state index contributed by atoms with van der Waals surface area (Å²) >= 11 is 0. The van der Waals surface area contributed by atoms with Crippen molar-refractivity contribution < 1.29 is 14.6 Å². The maximum absolute atomic E-state index is 11.3. The van der Waals surface area contributed by atoms with E-state index in [9.17, 15) is 9.90 Å². The van der Waals surface area contributed by atoms with Gasteiger partial charge in [0.15, 0.2) is 0 Å². The number of carbonyl (C=O) groups excluding carboxylic acids is 1. The predicted octanol–water partition coefficient (Wildman–Crippen LogP) is 3.27. The van der Waals surface area contributed by atoms with Crippen LogP contribution in [-0.2, 0) is 11.2 Å². The summed E-state index contributed by atoms with van der Waals surface area (Å²) < 4.78 is 6.30. The Morgan fingerprint density at radius 3 is 2.72 bits per heavy atom. The summed E-state index contributed by atoms with van der Waals surface area (Å²) in [5.41, 5.74) is 4.05. The van der Waals surface area contributed by atoms with E-state index in [1.165, 1.54) is 12.5 Å². The van der Waals surface area contributed by atoms with E-state index in [0.29, 0.717) is 11.4 Å². The third-order valence-electron chi connectivity index (χ3n) is 4.64. The summed E-state index contributed by atoms with van der Waals surface area (Å²) in [5, 5.41) is 12.8. The number of phenolic OH excluding ortho intramolecular Hbond substituents is 1. The molecule has 5 heteroatoms. The molecule has 2 aromatic rings. The topological polar surface area (TPSA) is 61.8 Å². The fourth-order valence-corrected chi connectivity index (χ4v) is 3.47. The Balaban J connectivity index is 1.94. The third-order valence-corrected chi connectivity index (χ3v) is 4.64. The third kappa shape index (κ3) is 3.61. The molecular formula is C20H24N2O3. The largest absolute Gasteiger partial charge is 0.508 e. The minimum Gasteiger partial charge on any atom is -0.508 e. The molecule has 2 N–H and O–H groups in total. The number of hydrogen-bond acceptors (Lipinski definition) is 4. The van der Waals surface area contributed by atoms with Crippen molar-refractivity contribution in [1.29, 1.82) is 0 Å². The van der Waals surface area contributed by atoms with Crippen molar-refractivity contribution >= 4 is 11.6 Å². The highest BCUT2D eigenvalue weighted by Gasteiger charge is 2.37. The van der Waals surface area contributed by atoms with Crippen LogP contribution in [0.25, 0.3) is 0 Å². The van der Waals surface area contributed by atoms with E-state index < -0.39 is 0 Å². The number of likely N-dealkylation sites (N-methyl/N-ethyl adjacent to an activating group) is 1. The van der Waals surface area contributed by atoms with Gasteiger partial charge in [0, 0.05) is 24.2 Å². The van der Waals surface area contributed by atoms with Crippen LogP contribution in [0.3, 0.4) is 0 Å². The molecule has 0 fully saturated rings. The number of ether oxygens (including phenoxy) is 1. The quantitative estimate of drug-likeness (QED) is 0.897. The monoisotopic (exact) mass is 340 g/mol. The Kier molecular flexibility index (Phi) is 4.68. The lowest BCUT2D eigenvalue weighted by atomic mass is 10.0. The van der Waals surface area contributed by atoms with Crippen LogP contribution < -0.4 is 10.1 Å². The van der Waals surface area contributed by atoms with Crippen molar-refractivity contribution in [3.63, 3.8) is 0 Å². The van der Waals surface area contributed by atoms with Crippen molar-refractivity contribution in [3.8, 4) is 11.5 Å². The fraction of sp³-hybridized carbons (Fsp3) is 0.350. The normalized spacial score (nSPS) is 18.9. The van der Waals surface area contributed by atoms with Crippen molar-refractivity contribution in [3.05, 3.63) is 53.1 Å². The van der Waals surface area contributed by atoms with E-state index >= 15 is 0 Å². The van der Waals surface area contributed by atoms with Gasteiger partial charge in [-0.2, -0.15) is 0 Å². The summed E-state index contributed by atoms with van der Waals surface area (Å²) in [7, 11) is 4.08. The van der Waals surface area contributed by atoms with Gasteiger partial charge < -0.3 is 20.1 Å². The molecule has 0 aliphatic heterocycles. The second-order valence-corrected chi connectivity index (χ2v) is 6.81. The molecule has 0 saturated heterocycles. The summed E-state index contributed by atoms with van der Waals surface area (Å²) in [6, 6.07) is 11.2. The second kappa shape index (κ2) is 6.76. The molecule has 0 bridgehead atoms. The number of anilines is 1. The molecule has 2 atom stereocenters.